The second kappa shape index (κ2) is 7.09. The van der Waals surface area contributed by atoms with Gasteiger partial charge in [0.1, 0.15) is 0 Å². The Kier molecular flexibility index (Phi) is 5.65. The Hall–Kier alpha value is -0.630. The molecular formula is C17H27O3P. The first-order valence-corrected chi connectivity index (χ1v) is 9.40. The summed E-state index contributed by atoms with van der Waals surface area (Å²) in [6, 6.07) is 9.28. The zero-order valence-electron chi connectivity index (χ0n) is 13.5. The van der Waals surface area contributed by atoms with E-state index in [0.29, 0.717) is 23.1 Å². The average molecular weight is 310 g/mol. The van der Waals surface area contributed by atoms with Gasteiger partial charge in [-0.25, -0.2) is 0 Å². The molecule has 0 heterocycles. The Bertz CT molecular complexity index is 486. The van der Waals surface area contributed by atoms with Crippen LogP contribution in [-0.4, -0.2) is 13.2 Å². The van der Waals surface area contributed by atoms with E-state index >= 15 is 0 Å². The van der Waals surface area contributed by atoms with E-state index in [0.717, 1.165) is 12.8 Å². The molecule has 4 atom stereocenters. The smallest absolute Gasteiger partial charge is 0.309 e. The molecule has 0 N–H and O–H groups in total. The van der Waals surface area contributed by atoms with Crippen LogP contribution in [0.5, 0.6) is 0 Å². The molecule has 21 heavy (non-hydrogen) atoms. The maximum absolute atomic E-state index is 13.1. The van der Waals surface area contributed by atoms with Crippen molar-refractivity contribution in [3.8, 4) is 0 Å². The molecule has 2 rings (SSSR count). The van der Waals surface area contributed by atoms with Gasteiger partial charge in [-0.3, -0.25) is 4.57 Å². The van der Waals surface area contributed by atoms with Gasteiger partial charge in [0.25, 0.3) is 0 Å². The minimum atomic E-state index is -3.22. The molecule has 1 saturated carbocycles. The summed E-state index contributed by atoms with van der Waals surface area (Å²) in [7, 11) is -1.75. The minimum Gasteiger partial charge on any atom is -0.309 e. The van der Waals surface area contributed by atoms with Gasteiger partial charge < -0.3 is 9.05 Å². The second-order valence-corrected chi connectivity index (χ2v) is 8.57. The first kappa shape index (κ1) is 16.7. The lowest BCUT2D eigenvalue weighted by molar-refractivity contribution is 0.0372. The van der Waals surface area contributed by atoms with Gasteiger partial charge in [-0.1, -0.05) is 45.4 Å². The first-order valence-electron chi connectivity index (χ1n) is 7.86. The van der Waals surface area contributed by atoms with Gasteiger partial charge in [-0.05, 0) is 42.7 Å². The molecule has 1 unspecified atom stereocenters. The van der Waals surface area contributed by atoms with Crippen LogP contribution < -0.4 is 5.30 Å². The quantitative estimate of drug-likeness (QED) is 0.744. The Morgan fingerprint density at radius 1 is 1.19 bits per heavy atom. The molecule has 1 aromatic rings. The third kappa shape index (κ3) is 3.97. The van der Waals surface area contributed by atoms with Crippen molar-refractivity contribution < 1.29 is 13.6 Å². The van der Waals surface area contributed by atoms with Gasteiger partial charge >= 0.3 is 7.60 Å². The third-order valence-corrected chi connectivity index (χ3v) is 6.51. The molecule has 3 nitrogen and oxygen atoms in total. The van der Waals surface area contributed by atoms with Crippen LogP contribution in [0.2, 0.25) is 0 Å². The molecule has 1 aliphatic carbocycles. The van der Waals surface area contributed by atoms with E-state index in [4.69, 9.17) is 9.05 Å². The number of hydrogen-bond acceptors (Lipinski definition) is 3. The second-order valence-electron chi connectivity index (χ2n) is 6.49. The summed E-state index contributed by atoms with van der Waals surface area (Å²) < 4.78 is 24.5. The van der Waals surface area contributed by atoms with E-state index in [1.807, 2.05) is 30.3 Å². The van der Waals surface area contributed by atoms with E-state index in [1.54, 1.807) is 0 Å². The molecule has 0 aromatic heterocycles. The van der Waals surface area contributed by atoms with Crippen LogP contribution in [0.4, 0.5) is 0 Å². The van der Waals surface area contributed by atoms with Crippen molar-refractivity contribution in [2.75, 3.05) is 7.11 Å². The molecule has 0 spiro atoms. The van der Waals surface area contributed by atoms with Crippen molar-refractivity contribution in [2.45, 2.75) is 46.1 Å². The summed E-state index contributed by atoms with van der Waals surface area (Å²) in [6.07, 6.45) is 3.34. The van der Waals surface area contributed by atoms with Gasteiger partial charge in [0.15, 0.2) is 0 Å². The molecular weight excluding hydrogens is 283 g/mol. The van der Waals surface area contributed by atoms with E-state index in [1.165, 1.54) is 13.5 Å². The third-order valence-electron chi connectivity index (χ3n) is 4.55. The molecule has 0 saturated heterocycles. The summed E-state index contributed by atoms with van der Waals surface area (Å²) in [4.78, 5) is 0. The molecule has 0 amide bonds. The topological polar surface area (TPSA) is 35.5 Å². The largest absolute Gasteiger partial charge is 0.361 e. The summed E-state index contributed by atoms with van der Waals surface area (Å²) in [5, 5.41) is 0.647. The normalized spacial score (nSPS) is 29.3. The van der Waals surface area contributed by atoms with E-state index in [2.05, 4.69) is 20.8 Å². The van der Waals surface area contributed by atoms with Crippen molar-refractivity contribution in [2.24, 2.45) is 17.8 Å². The average Bonchev–Trinajstić information content (AvgIpc) is 2.47. The maximum atomic E-state index is 13.1. The van der Waals surface area contributed by atoms with Gasteiger partial charge in [0.05, 0.1) is 11.4 Å². The van der Waals surface area contributed by atoms with Crippen LogP contribution in [-0.2, 0) is 13.6 Å². The van der Waals surface area contributed by atoms with Crippen molar-refractivity contribution in [3.63, 3.8) is 0 Å². The summed E-state index contributed by atoms with van der Waals surface area (Å²) in [6.45, 7) is 6.68. The fourth-order valence-electron chi connectivity index (χ4n) is 3.23. The highest BCUT2D eigenvalue weighted by atomic mass is 31.2. The summed E-state index contributed by atoms with van der Waals surface area (Å²) >= 11 is 0. The van der Waals surface area contributed by atoms with Gasteiger partial charge in [0.2, 0.25) is 0 Å². The molecule has 1 fully saturated rings. The minimum absolute atomic E-state index is 0.0136. The molecule has 1 aliphatic rings. The highest BCUT2D eigenvalue weighted by Crippen LogP contribution is 2.51. The highest BCUT2D eigenvalue weighted by Gasteiger charge is 2.38. The van der Waals surface area contributed by atoms with Gasteiger partial charge in [-0.2, -0.15) is 0 Å². The molecule has 0 aliphatic heterocycles. The lowest BCUT2D eigenvalue weighted by Gasteiger charge is -2.38. The van der Waals surface area contributed by atoms with Crippen LogP contribution >= 0.6 is 7.60 Å². The first-order chi connectivity index (χ1) is 9.96. The zero-order valence-corrected chi connectivity index (χ0v) is 14.4. The molecule has 0 bridgehead atoms. The molecule has 118 valence electrons. The van der Waals surface area contributed by atoms with Crippen LogP contribution in [0.15, 0.2) is 30.3 Å². The van der Waals surface area contributed by atoms with Crippen LogP contribution in [0, 0.1) is 17.8 Å². The Morgan fingerprint density at radius 3 is 2.43 bits per heavy atom. The Balaban J connectivity index is 2.21. The SMILES string of the molecule is COP(=O)(O[C@@H]1C[C@H](C)CC[C@H]1C(C)C)c1ccccc1. The summed E-state index contributed by atoms with van der Waals surface area (Å²) in [5.74, 6) is 1.60. The highest BCUT2D eigenvalue weighted by molar-refractivity contribution is 7.62. The van der Waals surface area contributed by atoms with Crippen LogP contribution in [0.1, 0.15) is 40.0 Å². The molecule has 0 radical (unpaired) electrons. The number of hydrogen-bond donors (Lipinski definition) is 0. The van der Waals surface area contributed by atoms with Gasteiger partial charge in [0, 0.05) is 7.11 Å². The predicted molar refractivity (Wildman–Crippen MR) is 86.9 cm³/mol. The Labute approximate surface area is 128 Å². The van der Waals surface area contributed by atoms with E-state index in [9.17, 15) is 4.57 Å². The lowest BCUT2D eigenvalue weighted by Crippen LogP contribution is -2.34. The van der Waals surface area contributed by atoms with E-state index < -0.39 is 7.60 Å². The summed E-state index contributed by atoms with van der Waals surface area (Å²) in [5.41, 5.74) is 0. The monoisotopic (exact) mass is 310 g/mol. The fourth-order valence-corrected chi connectivity index (χ4v) is 4.79. The Morgan fingerprint density at radius 2 is 1.86 bits per heavy atom. The van der Waals surface area contributed by atoms with Gasteiger partial charge in [-0.15, -0.1) is 0 Å². The van der Waals surface area contributed by atoms with Crippen LogP contribution in [0.25, 0.3) is 0 Å². The lowest BCUT2D eigenvalue weighted by atomic mass is 9.75. The van der Waals surface area contributed by atoms with Crippen molar-refractivity contribution in [1.29, 1.82) is 0 Å². The van der Waals surface area contributed by atoms with Crippen molar-refractivity contribution in [3.05, 3.63) is 30.3 Å². The number of benzene rings is 1. The zero-order chi connectivity index (χ0) is 15.5. The standard InChI is InChI=1S/C17H27O3P/c1-13(2)16-11-10-14(3)12-17(16)20-21(18,19-4)15-8-6-5-7-9-15/h5-9,13-14,16-17H,10-12H2,1-4H3/t14-,16+,17-,21?/m1/s1. The van der Waals surface area contributed by atoms with Crippen molar-refractivity contribution in [1.82, 2.24) is 0 Å². The number of rotatable bonds is 5. The maximum Gasteiger partial charge on any atom is 0.361 e. The molecule has 4 heteroatoms. The van der Waals surface area contributed by atoms with Crippen LogP contribution in [0.3, 0.4) is 0 Å². The van der Waals surface area contributed by atoms with Crippen molar-refractivity contribution >= 4 is 12.9 Å². The predicted octanol–water partition coefficient (Wildman–Crippen LogP) is 4.63. The van der Waals surface area contributed by atoms with E-state index in [-0.39, 0.29) is 6.10 Å². The fraction of sp³-hybridized carbons (Fsp3) is 0.647. The molecule has 1 aromatic carbocycles.